The highest BCUT2D eigenvalue weighted by Gasteiger charge is 2.25. The molecular formula is C15H30N2O2. The zero-order valence-electron chi connectivity index (χ0n) is 13.1. The second-order valence-electron chi connectivity index (χ2n) is 4.94. The molecule has 0 unspecified atom stereocenters. The second kappa shape index (κ2) is 10.8. The van der Waals surface area contributed by atoms with Gasteiger partial charge in [0.2, 0.25) is 0 Å². The summed E-state index contributed by atoms with van der Waals surface area (Å²) < 4.78 is 0. The molecule has 112 valence electrons. The molecule has 0 radical (unpaired) electrons. The number of unbranched alkanes of at least 4 members (excludes halogenated alkanes) is 1. The van der Waals surface area contributed by atoms with Gasteiger partial charge in [0.1, 0.15) is 0 Å². The van der Waals surface area contributed by atoms with Crippen molar-refractivity contribution in [2.45, 2.75) is 59.8 Å². The predicted molar refractivity (Wildman–Crippen MR) is 78.9 cm³/mol. The molecule has 2 amide bonds. The normalized spacial score (nSPS) is 10.3. The first-order chi connectivity index (χ1) is 9.12. The molecule has 4 heteroatoms. The number of hydrogen-bond acceptors (Lipinski definition) is 2. The second-order valence-corrected chi connectivity index (χ2v) is 4.94. The lowest BCUT2D eigenvalue weighted by Gasteiger charge is -2.26. The molecule has 0 atom stereocenters. The minimum atomic E-state index is -0.326. The van der Waals surface area contributed by atoms with Crippen LogP contribution in [-0.2, 0) is 9.59 Å². The molecule has 0 heterocycles. The molecule has 0 aliphatic heterocycles. The Morgan fingerprint density at radius 1 is 0.632 bits per heavy atom. The van der Waals surface area contributed by atoms with Crippen LogP contribution in [0.5, 0.6) is 0 Å². The van der Waals surface area contributed by atoms with Gasteiger partial charge in [0.05, 0.1) is 0 Å². The minimum Gasteiger partial charge on any atom is -0.334 e. The van der Waals surface area contributed by atoms with E-state index in [1.165, 1.54) is 0 Å². The van der Waals surface area contributed by atoms with Crippen molar-refractivity contribution in [1.29, 1.82) is 0 Å². The van der Waals surface area contributed by atoms with Crippen molar-refractivity contribution in [3.63, 3.8) is 0 Å². The molecule has 19 heavy (non-hydrogen) atoms. The van der Waals surface area contributed by atoms with Gasteiger partial charge in [-0.15, -0.1) is 0 Å². The summed E-state index contributed by atoms with van der Waals surface area (Å²) in [6.07, 6.45) is 4.67. The quantitative estimate of drug-likeness (QED) is 0.604. The van der Waals surface area contributed by atoms with Crippen molar-refractivity contribution in [1.82, 2.24) is 9.80 Å². The number of rotatable bonds is 9. The number of nitrogens with zero attached hydrogens (tertiary/aromatic N) is 2. The van der Waals surface area contributed by atoms with Crippen molar-refractivity contribution >= 4 is 11.8 Å². The first-order valence-electron chi connectivity index (χ1n) is 7.70. The summed E-state index contributed by atoms with van der Waals surface area (Å²) in [7, 11) is 0. The van der Waals surface area contributed by atoms with Gasteiger partial charge in [-0.05, 0) is 25.7 Å². The molecule has 0 N–H and O–H groups in total. The largest absolute Gasteiger partial charge is 0.334 e. The average molecular weight is 270 g/mol. The monoisotopic (exact) mass is 270 g/mol. The standard InChI is InChI=1S/C15H30N2O2/c1-5-9-13-17(12-8-4)15(19)14(18)16(10-6-2)11-7-3/h5-13H2,1-4H3. The van der Waals surface area contributed by atoms with E-state index in [0.29, 0.717) is 26.2 Å². The number of carbonyl (C=O) groups is 2. The summed E-state index contributed by atoms with van der Waals surface area (Å²) in [5, 5.41) is 0. The molecule has 0 aromatic heterocycles. The highest BCUT2D eigenvalue weighted by atomic mass is 16.2. The van der Waals surface area contributed by atoms with E-state index >= 15 is 0 Å². The summed E-state index contributed by atoms with van der Waals surface area (Å²) in [4.78, 5) is 27.9. The maximum atomic E-state index is 12.3. The molecule has 0 aromatic rings. The zero-order chi connectivity index (χ0) is 14.7. The van der Waals surface area contributed by atoms with Crippen LogP contribution in [0, 0.1) is 0 Å². The van der Waals surface area contributed by atoms with E-state index < -0.39 is 0 Å². The van der Waals surface area contributed by atoms with E-state index in [2.05, 4.69) is 6.92 Å². The van der Waals surface area contributed by atoms with Crippen LogP contribution in [0.15, 0.2) is 0 Å². The van der Waals surface area contributed by atoms with E-state index in [-0.39, 0.29) is 11.8 Å². The highest BCUT2D eigenvalue weighted by Crippen LogP contribution is 2.03. The maximum Gasteiger partial charge on any atom is 0.312 e. The fourth-order valence-corrected chi connectivity index (χ4v) is 2.06. The van der Waals surface area contributed by atoms with Crippen molar-refractivity contribution in [3.05, 3.63) is 0 Å². The van der Waals surface area contributed by atoms with Crippen LogP contribution >= 0.6 is 0 Å². The summed E-state index contributed by atoms with van der Waals surface area (Å²) >= 11 is 0. The summed E-state index contributed by atoms with van der Waals surface area (Å²) in [5.74, 6) is -0.648. The van der Waals surface area contributed by atoms with Gasteiger partial charge in [-0.3, -0.25) is 9.59 Å². The lowest BCUT2D eigenvalue weighted by atomic mass is 10.2. The Hall–Kier alpha value is -1.06. The fraction of sp³-hybridized carbons (Fsp3) is 0.867. The van der Waals surface area contributed by atoms with Crippen molar-refractivity contribution in [2.75, 3.05) is 26.2 Å². The van der Waals surface area contributed by atoms with E-state index in [0.717, 1.165) is 32.1 Å². The molecule has 0 fully saturated rings. The number of carbonyl (C=O) groups excluding carboxylic acids is 2. The molecule has 0 saturated carbocycles. The van der Waals surface area contributed by atoms with E-state index in [9.17, 15) is 9.59 Å². The van der Waals surface area contributed by atoms with Gasteiger partial charge in [-0.2, -0.15) is 0 Å². The summed E-state index contributed by atoms with van der Waals surface area (Å²) in [6, 6.07) is 0. The highest BCUT2D eigenvalue weighted by molar-refractivity contribution is 6.34. The lowest BCUT2D eigenvalue weighted by Crippen LogP contribution is -2.46. The first-order valence-corrected chi connectivity index (χ1v) is 7.70. The molecule has 0 aliphatic carbocycles. The van der Waals surface area contributed by atoms with Crippen LogP contribution in [0.2, 0.25) is 0 Å². The Morgan fingerprint density at radius 2 is 1.00 bits per heavy atom. The fourth-order valence-electron chi connectivity index (χ4n) is 2.06. The maximum absolute atomic E-state index is 12.3. The summed E-state index contributed by atoms with van der Waals surface area (Å²) in [6.45, 7) is 10.9. The van der Waals surface area contributed by atoms with Crippen LogP contribution in [0.25, 0.3) is 0 Å². The van der Waals surface area contributed by atoms with E-state index in [1.54, 1.807) is 9.80 Å². The van der Waals surface area contributed by atoms with Gasteiger partial charge in [0.25, 0.3) is 0 Å². The molecule has 0 aliphatic rings. The zero-order valence-corrected chi connectivity index (χ0v) is 13.1. The Morgan fingerprint density at radius 3 is 1.32 bits per heavy atom. The van der Waals surface area contributed by atoms with Crippen LogP contribution in [0.3, 0.4) is 0 Å². The predicted octanol–water partition coefficient (Wildman–Crippen LogP) is 2.67. The van der Waals surface area contributed by atoms with E-state index in [1.807, 2.05) is 20.8 Å². The van der Waals surface area contributed by atoms with Crippen molar-refractivity contribution < 1.29 is 9.59 Å². The Labute approximate surface area is 118 Å². The molecule has 0 aromatic carbocycles. The van der Waals surface area contributed by atoms with Gasteiger partial charge >= 0.3 is 11.8 Å². The molecular weight excluding hydrogens is 240 g/mol. The topological polar surface area (TPSA) is 40.6 Å². The molecule has 0 spiro atoms. The smallest absolute Gasteiger partial charge is 0.312 e. The third kappa shape index (κ3) is 6.60. The minimum absolute atomic E-state index is 0.322. The molecule has 4 nitrogen and oxygen atoms in total. The van der Waals surface area contributed by atoms with Gasteiger partial charge in [-0.1, -0.05) is 34.1 Å². The number of amides is 2. The Bertz CT molecular complexity index is 261. The van der Waals surface area contributed by atoms with Crippen LogP contribution in [-0.4, -0.2) is 47.8 Å². The van der Waals surface area contributed by atoms with Gasteiger partial charge in [0, 0.05) is 26.2 Å². The van der Waals surface area contributed by atoms with Gasteiger partial charge in [0.15, 0.2) is 0 Å². The van der Waals surface area contributed by atoms with Crippen molar-refractivity contribution in [2.24, 2.45) is 0 Å². The van der Waals surface area contributed by atoms with Crippen LogP contribution < -0.4 is 0 Å². The average Bonchev–Trinajstić information content (AvgIpc) is 2.41. The SMILES string of the molecule is CCCCN(CCC)C(=O)C(=O)N(CCC)CCC. The Kier molecular flexibility index (Phi) is 10.2. The van der Waals surface area contributed by atoms with Gasteiger partial charge in [-0.25, -0.2) is 0 Å². The number of hydrogen-bond donors (Lipinski definition) is 0. The Balaban J connectivity index is 4.64. The van der Waals surface area contributed by atoms with Crippen LogP contribution in [0.1, 0.15) is 59.8 Å². The lowest BCUT2D eigenvalue weighted by molar-refractivity contribution is -0.152. The van der Waals surface area contributed by atoms with E-state index in [4.69, 9.17) is 0 Å². The molecule has 0 rings (SSSR count). The molecule has 0 saturated heterocycles. The first kappa shape index (κ1) is 17.9. The third-order valence-corrected chi connectivity index (χ3v) is 3.02. The van der Waals surface area contributed by atoms with Crippen molar-refractivity contribution in [3.8, 4) is 0 Å². The third-order valence-electron chi connectivity index (χ3n) is 3.02. The van der Waals surface area contributed by atoms with Gasteiger partial charge < -0.3 is 9.80 Å². The summed E-state index contributed by atoms with van der Waals surface area (Å²) in [5.41, 5.74) is 0. The van der Waals surface area contributed by atoms with Crippen LogP contribution in [0.4, 0.5) is 0 Å². The molecule has 0 bridgehead atoms.